The monoisotopic (exact) mass is 301 g/mol. The number of morpholine rings is 1. The van der Waals surface area contributed by atoms with Gasteiger partial charge in [-0.05, 0) is 19.9 Å². The van der Waals surface area contributed by atoms with Crippen LogP contribution in [0.5, 0.6) is 0 Å². The molecule has 0 saturated carbocycles. The van der Waals surface area contributed by atoms with Crippen LogP contribution < -0.4 is 5.73 Å². The number of sulfonamides is 1. The van der Waals surface area contributed by atoms with E-state index in [0.717, 1.165) is 0 Å². The molecule has 2 heterocycles. The van der Waals surface area contributed by atoms with Crippen LogP contribution in [-0.2, 0) is 14.8 Å². The van der Waals surface area contributed by atoms with E-state index in [1.165, 1.54) is 22.6 Å². The third kappa shape index (κ3) is 3.09. The van der Waals surface area contributed by atoms with Crippen molar-refractivity contribution >= 4 is 15.8 Å². The molecule has 0 spiro atoms. The smallest absolute Gasteiger partial charge is 0.243 e. The van der Waals surface area contributed by atoms with Crippen molar-refractivity contribution in [2.24, 2.45) is 0 Å². The molecule has 7 nitrogen and oxygen atoms in total. The van der Waals surface area contributed by atoms with Crippen LogP contribution in [0.2, 0.25) is 0 Å². The summed E-state index contributed by atoms with van der Waals surface area (Å²) >= 11 is 0. The number of aliphatic hydroxyl groups is 1. The third-order valence-corrected chi connectivity index (χ3v) is 4.85. The van der Waals surface area contributed by atoms with E-state index >= 15 is 0 Å². The minimum absolute atomic E-state index is 0.0967. The van der Waals surface area contributed by atoms with Gasteiger partial charge < -0.3 is 15.6 Å². The minimum atomic E-state index is -3.68. The van der Waals surface area contributed by atoms with E-state index in [-0.39, 0.29) is 30.4 Å². The van der Waals surface area contributed by atoms with Crippen LogP contribution in [0.4, 0.5) is 5.82 Å². The van der Waals surface area contributed by atoms with Crippen LogP contribution in [-0.4, -0.2) is 54.2 Å². The van der Waals surface area contributed by atoms with Gasteiger partial charge in [0.05, 0.1) is 23.2 Å². The summed E-state index contributed by atoms with van der Waals surface area (Å²) in [5.41, 5.74) is 4.88. The number of rotatable bonds is 3. The van der Waals surface area contributed by atoms with Gasteiger partial charge in [0, 0.05) is 25.4 Å². The Kier molecular flexibility index (Phi) is 4.01. The number of nitrogens with two attached hydrogens (primary N) is 1. The highest BCUT2D eigenvalue weighted by atomic mass is 32.2. The summed E-state index contributed by atoms with van der Waals surface area (Å²) in [4.78, 5) is 3.88. The molecule has 0 bridgehead atoms. The van der Waals surface area contributed by atoms with Crippen LogP contribution in [0.25, 0.3) is 0 Å². The summed E-state index contributed by atoms with van der Waals surface area (Å²) in [6.45, 7) is 3.68. The van der Waals surface area contributed by atoms with Crippen molar-refractivity contribution in [1.82, 2.24) is 9.29 Å². The van der Waals surface area contributed by atoms with Crippen molar-refractivity contribution in [2.45, 2.75) is 30.4 Å². The standard InChI is InChI=1S/C12H19N3O4S/c1-12(2)8-15(6-9(7-16)19-12)20(17,18)10-3-4-14-11(13)5-10/h3-5,9,16H,6-8H2,1-2H3,(H2,13,14). The van der Waals surface area contributed by atoms with Gasteiger partial charge in [-0.2, -0.15) is 4.31 Å². The number of hydrogen-bond acceptors (Lipinski definition) is 6. The average molecular weight is 301 g/mol. The molecule has 112 valence electrons. The van der Waals surface area contributed by atoms with E-state index in [2.05, 4.69) is 4.98 Å². The van der Waals surface area contributed by atoms with Gasteiger partial charge in [-0.15, -0.1) is 0 Å². The van der Waals surface area contributed by atoms with Gasteiger partial charge in [0.2, 0.25) is 10.0 Å². The van der Waals surface area contributed by atoms with Crippen molar-refractivity contribution in [1.29, 1.82) is 0 Å². The summed E-state index contributed by atoms with van der Waals surface area (Å²) in [5.74, 6) is 0.150. The number of aromatic nitrogens is 1. The van der Waals surface area contributed by atoms with Gasteiger partial charge in [-0.1, -0.05) is 0 Å². The van der Waals surface area contributed by atoms with Crippen molar-refractivity contribution in [3.63, 3.8) is 0 Å². The van der Waals surface area contributed by atoms with Gasteiger partial charge in [0.1, 0.15) is 5.82 Å². The zero-order valence-corrected chi connectivity index (χ0v) is 12.3. The molecule has 1 aliphatic rings. The van der Waals surface area contributed by atoms with E-state index in [1.54, 1.807) is 13.8 Å². The number of hydrogen-bond donors (Lipinski definition) is 2. The summed E-state index contributed by atoms with van der Waals surface area (Å²) in [7, 11) is -3.68. The molecule has 0 radical (unpaired) electrons. The maximum Gasteiger partial charge on any atom is 0.243 e. The van der Waals surface area contributed by atoms with E-state index in [9.17, 15) is 13.5 Å². The predicted molar refractivity (Wildman–Crippen MR) is 73.4 cm³/mol. The van der Waals surface area contributed by atoms with Gasteiger partial charge in [0.15, 0.2) is 0 Å². The zero-order chi connectivity index (χ0) is 15.0. The second-order valence-corrected chi connectivity index (χ2v) is 7.33. The number of ether oxygens (including phenoxy) is 1. The lowest BCUT2D eigenvalue weighted by Gasteiger charge is -2.41. The molecule has 1 atom stereocenters. The number of pyridine rings is 1. The number of aliphatic hydroxyl groups excluding tert-OH is 1. The quantitative estimate of drug-likeness (QED) is 0.802. The predicted octanol–water partition coefficient (Wildman–Crippen LogP) is -0.176. The number of nitrogens with zero attached hydrogens (tertiary/aromatic N) is 2. The first-order valence-electron chi connectivity index (χ1n) is 6.25. The Labute approximate surface area is 118 Å². The molecule has 2 rings (SSSR count). The molecule has 1 fully saturated rings. The molecule has 20 heavy (non-hydrogen) atoms. The van der Waals surface area contributed by atoms with E-state index in [0.29, 0.717) is 0 Å². The maximum absolute atomic E-state index is 12.6. The van der Waals surface area contributed by atoms with Gasteiger partial charge in [-0.25, -0.2) is 13.4 Å². The molecular weight excluding hydrogens is 282 g/mol. The van der Waals surface area contributed by atoms with Crippen molar-refractivity contribution < 1.29 is 18.3 Å². The Morgan fingerprint density at radius 1 is 1.60 bits per heavy atom. The second-order valence-electron chi connectivity index (χ2n) is 5.40. The number of nitrogen functional groups attached to an aromatic ring is 1. The first-order valence-corrected chi connectivity index (χ1v) is 7.69. The molecule has 0 amide bonds. The molecule has 1 aromatic rings. The van der Waals surface area contributed by atoms with Crippen LogP contribution in [0.15, 0.2) is 23.2 Å². The highest BCUT2D eigenvalue weighted by Crippen LogP contribution is 2.26. The summed E-state index contributed by atoms with van der Waals surface area (Å²) in [6, 6.07) is 2.73. The molecule has 1 saturated heterocycles. The molecule has 0 aliphatic carbocycles. The van der Waals surface area contributed by atoms with Crippen molar-refractivity contribution in [3.05, 3.63) is 18.3 Å². The van der Waals surface area contributed by atoms with E-state index < -0.39 is 21.7 Å². The normalized spacial score (nSPS) is 23.6. The Morgan fingerprint density at radius 3 is 2.90 bits per heavy atom. The fraction of sp³-hybridized carbons (Fsp3) is 0.583. The Bertz CT molecular complexity index is 588. The number of anilines is 1. The Hall–Kier alpha value is -1.22. The molecule has 1 aromatic heterocycles. The van der Waals surface area contributed by atoms with Crippen LogP contribution in [0.1, 0.15) is 13.8 Å². The van der Waals surface area contributed by atoms with E-state index in [4.69, 9.17) is 10.5 Å². The zero-order valence-electron chi connectivity index (χ0n) is 11.5. The lowest BCUT2D eigenvalue weighted by atomic mass is 10.1. The first kappa shape index (κ1) is 15.2. The molecule has 3 N–H and O–H groups in total. The average Bonchev–Trinajstić information content (AvgIpc) is 2.36. The fourth-order valence-electron chi connectivity index (χ4n) is 2.26. The fourth-order valence-corrected chi connectivity index (χ4v) is 3.90. The van der Waals surface area contributed by atoms with Crippen molar-refractivity contribution in [3.8, 4) is 0 Å². The lowest BCUT2D eigenvalue weighted by Crippen LogP contribution is -2.55. The molecular formula is C12H19N3O4S. The van der Waals surface area contributed by atoms with E-state index in [1.807, 2.05) is 0 Å². The topological polar surface area (TPSA) is 106 Å². The van der Waals surface area contributed by atoms with Gasteiger partial charge >= 0.3 is 0 Å². The van der Waals surface area contributed by atoms with Crippen molar-refractivity contribution in [2.75, 3.05) is 25.4 Å². The van der Waals surface area contributed by atoms with Crippen LogP contribution >= 0.6 is 0 Å². The maximum atomic E-state index is 12.6. The lowest BCUT2D eigenvalue weighted by molar-refractivity contribution is -0.131. The largest absolute Gasteiger partial charge is 0.394 e. The summed E-state index contributed by atoms with van der Waals surface area (Å²) in [6.07, 6.45) is 0.824. The summed E-state index contributed by atoms with van der Waals surface area (Å²) in [5, 5.41) is 9.24. The molecule has 1 unspecified atom stereocenters. The Balaban J connectivity index is 2.33. The third-order valence-electron chi connectivity index (χ3n) is 3.04. The molecule has 1 aliphatic heterocycles. The molecule has 8 heteroatoms. The SMILES string of the molecule is CC1(C)CN(S(=O)(=O)c2ccnc(N)c2)CC(CO)O1. The minimum Gasteiger partial charge on any atom is -0.394 e. The molecule has 0 aromatic carbocycles. The first-order chi connectivity index (χ1) is 9.24. The summed E-state index contributed by atoms with van der Waals surface area (Å²) < 4.78 is 32.1. The highest BCUT2D eigenvalue weighted by molar-refractivity contribution is 7.89. The highest BCUT2D eigenvalue weighted by Gasteiger charge is 2.39. The van der Waals surface area contributed by atoms with Gasteiger partial charge in [-0.3, -0.25) is 0 Å². The van der Waals surface area contributed by atoms with Gasteiger partial charge in [0.25, 0.3) is 0 Å². The Morgan fingerprint density at radius 2 is 2.30 bits per heavy atom. The van der Waals surface area contributed by atoms with Crippen LogP contribution in [0, 0.1) is 0 Å². The van der Waals surface area contributed by atoms with Crippen LogP contribution in [0.3, 0.4) is 0 Å². The second kappa shape index (κ2) is 5.28.